The van der Waals surface area contributed by atoms with Gasteiger partial charge < -0.3 is 26.8 Å². The largest absolute Gasteiger partial charge is 0.508 e. The third-order valence-electron chi connectivity index (χ3n) is 7.01. The predicted molar refractivity (Wildman–Crippen MR) is 150 cm³/mol. The Bertz CT molecular complexity index is 1180. The molecule has 2 rings (SSSR count). The maximum atomic E-state index is 13.7. The minimum Gasteiger partial charge on any atom is -0.508 e. The van der Waals surface area contributed by atoms with Crippen LogP contribution in [0, 0.1) is 11.7 Å². The number of phenolic OH excluding ortho intramolecular Hbond substituents is 1. The van der Waals surface area contributed by atoms with Crippen molar-refractivity contribution >= 4 is 17.7 Å². The Morgan fingerprint density at radius 2 is 1.56 bits per heavy atom. The fourth-order valence-corrected chi connectivity index (χ4v) is 4.71. The topological polar surface area (TPSA) is 139 Å². The van der Waals surface area contributed by atoms with Gasteiger partial charge in [0.25, 0.3) is 0 Å². The van der Waals surface area contributed by atoms with Crippen molar-refractivity contribution in [1.29, 1.82) is 0 Å². The average molecular weight is 543 g/mol. The second-order valence-corrected chi connectivity index (χ2v) is 11.9. The molecule has 0 aromatic heterocycles. The van der Waals surface area contributed by atoms with Crippen LogP contribution < -0.4 is 16.8 Å². The summed E-state index contributed by atoms with van der Waals surface area (Å²) in [6.07, 6.45) is 0.594. The Balaban J connectivity index is 2.29. The molecule has 6 N–H and O–H groups in total. The highest BCUT2D eigenvalue weighted by Crippen LogP contribution is 2.31. The van der Waals surface area contributed by atoms with Crippen LogP contribution in [0.1, 0.15) is 64.7 Å². The van der Waals surface area contributed by atoms with Crippen molar-refractivity contribution in [2.24, 2.45) is 17.4 Å². The number of nitrogens with one attached hydrogen (secondary N) is 1. The van der Waals surface area contributed by atoms with E-state index in [4.69, 9.17) is 11.5 Å². The van der Waals surface area contributed by atoms with Crippen LogP contribution >= 0.6 is 0 Å². The van der Waals surface area contributed by atoms with Gasteiger partial charge in [-0.15, -0.1) is 0 Å². The Morgan fingerprint density at radius 3 is 2.08 bits per heavy atom. The molecule has 9 heteroatoms. The van der Waals surface area contributed by atoms with E-state index >= 15 is 0 Å². The molecule has 0 aliphatic heterocycles. The minimum absolute atomic E-state index is 0.0304. The van der Waals surface area contributed by atoms with E-state index in [9.17, 15) is 23.9 Å². The number of amides is 3. The Labute approximate surface area is 230 Å². The molecule has 0 fully saturated rings. The van der Waals surface area contributed by atoms with Gasteiger partial charge in [0.15, 0.2) is 0 Å². The van der Waals surface area contributed by atoms with Crippen LogP contribution in [0.5, 0.6) is 5.75 Å². The molecule has 3 atom stereocenters. The van der Waals surface area contributed by atoms with E-state index in [1.807, 2.05) is 34.6 Å². The summed E-state index contributed by atoms with van der Waals surface area (Å²) in [5.41, 5.74) is 12.4. The van der Waals surface area contributed by atoms with Gasteiger partial charge in [-0.1, -0.05) is 58.9 Å². The molecule has 8 nitrogen and oxygen atoms in total. The first-order chi connectivity index (χ1) is 18.0. The van der Waals surface area contributed by atoms with Crippen molar-refractivity contribution in [3.05, 3.63) is 65.0 Å². The number of phenols is 1. The van der Waals surface area contributed by atoms with Crippen LogP contribution in [-0.4, -0.2) is 52.4 Å². The summed E-state index contributed by atoms with van der Waals surface area (Å²) < 4.78 is 13.3. The maximum Gasteiger partial charge on any atom is 0.246 e. The molecule has 0 aliphatic rings. The van der Waals surface area contributed by atoms with Crippen LogP contribution in [0.4, 0.5) is 4.39 Å². The molecule has 0 saturated carbocycles. The van der Waals surface area contributed by atoms with Gasteiger partial charge >= 0.3 is 0 Å². The van der Waals surface area contributed by atoms with Crippen LogP contribution in [0.2, 0.25) is 0 Å². The fraction of sp³-hybridized carbons (Fsp3) is 0.500. The van der Waals surface area contributed by atoms with Gasteiger partial charge in [0.05, 0.1) is 6.04 Å². The molecular weight excluding hydrogens is 499 g/mol. The number of halogens is 1. The molecule has 0 aliphatic carbocycles. The number of hydrogen-bond donors (Lipinski definition) is 4. The number of benzene rings is 2. The van der Waals surface area contributed by atoms with Gasteiger partial charge in [-0.25, -0.2) is 4.39 Å². The quantitative estimate of drug-likeness (QED) is 0.345. The van der Waals surface area contributed by atoms with E-state index in [2.05, 4.69) is 5.32 Å². The second-order valence-electron chi connectivity index (χ2n) is 11.9. The van der Waals surface area contributed by atoms with Crippen LogP contribution in [-0.2, 0) is 32.6 Å². The lowest BCUT2D eigenvalue weighted by atomic mass is 9.84. The third kappa shape index (κ3) is 8.26. The van der Waals surface area contributed by atoms with Gasteiger partial charge in [0, 0.05) is 13.5 Å². The molecule has 0 heterocycles. The average Bonchev–Trinajstić information content (AvgIpc) is 2.83. The zero-order valence-electron chi connectivity index (χ0n) is 24.0. The van der Waals surface area contributed by atoms with Gasteiger partial charge in [-0.2, -0.15) is 0 Å². The van der Waals surface area contributed by atoms with Crippen LogP contribution in [0.25, 0.3) is 0 Å². The van der Waals surface area contributed by atoms with Crippen molar-refractivity contribution in [1.82, 2.24) is 10.2 Å². The van der Waals surface area contributed by atoms with Gasteiger partial charge in [0.1, 0.15) is 23.1 Å². The molecule has 214 valence electrons. The molecule has 3 amide bonds. The standard InChI is InChI=1S/C30H43FN4O4/c1-18(2)17-30(6,35(7)27(38)23(32)15-19-8-11-21(31)12-9-19)28(39)34-24(26(33)37)16-20-10-13-25(36)22(14-20)29(3,4)5/h8-14,18,23-24,36H,15-17,32H2,1-7H3,(H2,33,37)(H,34,39)/t23-,24-,30-/m0/s1. The van der Waals surface area contributed by atoms with E-state index in [1.54, 1.807) is 37.3 Å². The number of rotatable bonds is 11. The molecule has 0 spiro atoms. The van der Waals surface area contributed by atoms with Crippen LogP contribution in [0.15, 0.2) is 42.5 Å². The Kier molecular flexibility index (Phi) is 10.3. The molecule has 2 aromatic rings. The Morgan fingerprint density at radius 1 is 1.00 bits per heavy atom. The molecule has 0 unspecified atom stereocenters. The highest BCUT2D eigenvalue weighted by atomic mass is 19.1. The minimum atomic E-state index is -1.33. The van der Waals surface area contributed by atoms with E-state index in [0.29, 0.717) is 17.5 Å². The zero-order chi connectivity index (χ0) is 29.7. The lowest BCUT2D eigenvalue weighted by Gasteiger charge is -2.40. The SMILES string of the molecule is CC(C)C[C@@](C)(C(=O)N[C@@H](Cc1ccc(O)c(C(C)(C)C)c1)C(N)=O)N(C)C(=O)[C@@H](N)Cc1ccc(F)cc1. The molecule has 0 radical (unpaired) electrons. The van der Waals surface area contributed by atoms with Gasteiger partial charge in [-0.3, -0.25) is 14.4 Å². The van der Waals surface area contributed by atoms with Gasteiger partial charge in [-0.05, 0) is 66.0 Å². The zero-order valence-corrected chi connectivity index (χ0v) is 24.0. The first-order valence-corrected chi connectivity index (χ1v) is 13.2. The summed E-state index contributed by atoms with van der Waals surface area (Å²) >= 11 is 0. The summed E-state index contributed by atoms with van der Waals surface area (Å²) in [6.45, 7) is 11.4. The molecule has 0 bridgehead atoms. The number of nitrogens with two attached hydrogens (primary N) is 2. The first kappa shape index (κ1) is 31.8. The van der Waals surface area contributed by atoms with Crippen molar-refractivity contribution in [3.8, 4) is 5.75 Å². The number of primary amides is 1. The van der Waals surface area contributed by atoms with E-state index in [0.717, 1.165) is 5.56 Å². The summed E-state index contributed by atoms with van der Waals surface area (Å²) in [7, 11) is 1.52. The van der Waals surface area contributed by atoms with Crippen molar-refractivity contribution in [2.45, 2.75) is 83.8 Å². The molecule has 0 saturated heterocycles. The van der Waals surface area contributed by atoms with Gasteiger partial charge in [0.2, 0.25) is 17.7 Å². The summed E-state index contributed by atoms with van der Waals surface area (Å²) in [6, 6.07) is 8.77. The number of carbonyl (C=O) groups excluding carboxylic acids is 3. The Hall–Kier alpha value is -3.46. The summed E-state index contributed by atoms with van der Waals surface area (Å²) in [5, 5.41) is 13.0. The highest BCUT2D eigenvalue weighted by molar-refractivity contribution is 5.95. The summed E-state index contributed by atoms with van der Waals surface area (Å²) in [4.78, 5) is 40.8. The number of hydrogen-bond acceptors (Lipinski definition) is 5. The number of aromatic hydroxyl groups is 1. The molecule has 2 aromatic carbocycles. The molecule has 39 heavy (non-hydrogen) atoms. The predicted octanol–water partition coefficient (Wildman–Crippen LogP) is 3.17. The van der Waals surface area contributed by atoms with Crippen molar-refractivity contribution in [2.75, 3.05) is 7.05 Å². The summed E-state index contributed by atoms with van der Waals surface area (Å²) in [5.74, 6) is -1.91. The van der Waals surface area contributed by atoms with E-state index in [1.165, 1.54) is 24.1 Å². The lowest BCUT2D eigenvalue weighted by molar-refractivity contribution is -0.147. The third-order valence-corrected chi connectivity index (χ3v) is 7.01. The van der Waals surface area contributed by atoms with Crippen molar-refractivity contribution < 1.29 is 23.9 Å². The monoisotopic (exact) mass is 542 g/mol. The fourth-order valence-electron chi connectivity index (χ4n) is 4.71. The number of carbonyl (C=O) groups is 3. The smallest absolute Gasteiger partial charge is 0.246 e. The first-order valence-electron chi connectivity index (χ1n) is 13.2. The highest BCUT2D eigenvalue weighted by Gasteiger charge is 2.43. The maximum absolute atomic E-state index is 13.7. The number of likely N-dealkylation sites (N-methyl/N-ethyl adjacent to an activating group) is 1. The molecular formula is C30H43FN4O4. The van der Waals surface area contributed by atoms with Crippen molar-refractivity contribution in [3.63, 3.8) is 0 Å². The lowest BCUT2D eigenvalue weighted by Crippen LogP contribution is -2.63. The number of nitrogens with zero attached hydrogens (tertiary/aromatic N) is 1. The normalized spacial score (nSPS) is 14.8. The second kappa shape index (κ2) is 12.6. The van der Waals surface area contributed by atoms with E-state index < -0.39 is 35.3 Å². The van der Waals surface area contributed by atoms with Crippen LogP contribution in [0.3, 0.4) is 0 Å². The van der Waals surface area contributed by atoms with E-state index in [-0.39, 0.29) is 35.7 Å².